The lowest BCUT2D eigenvalue weighted by molar-refractivity contribution is -0.141. The van der Waals surface area contributed by atoms with Gasteiger partial charge in [-0.15, -0.1) is 0 Å². The van der Waals surface area contributed by atoms with Crippen LogP contribution in [-0.2, 0) is 11.8 Å². The molecule has 3 rings (SSSR count). The number of rotatable bonds is 3. The molecule has 2 N–H and O–H groups in total. The van der Waals surface area contributed by atoms with Crippen molar-refractivity contribution in [2.24, 2.45) is 13.0 Å². The maximum absolute atomic E-state index is 12.2. The molecular formula is C16H19N3O3. The van der Waals surface area contributed by atoms with E-state index in [0.717, 1.165) is 16.9 Å². The van der Waals surface area contributed by atoms with Gasteiger partial charge in [-0.3, -0.25) is 9.36 Å². The molecule has 0 aliphatic carbocycles. The zero-order valence-electron chi connectivity index (χ0n) is 12.6. The van der Waals surface area contributed by atoms with E-state index in [0.29, 0.717) is 13.0 Å². The van der Waals surface area contributed by atoms with Crippen molar-refractivity contribution in [2.75, 3.05) is 6.54 Å². The second-order valence-electron chi connectivity index (χ2n) is 5.83. The van der Waals surface area contributed by atoms with Crippen LogP contribution in [0.2, 0.25) is 0 Å². The fraction of sp³-hybridized carbons (Fsp3) is 0.375. The Morgan fingerprint density at radius 1 is 1.41 bits per heavy atom. The smallest absolute Gasteiger partial charge is 0.332 e. The highest BCUT2D eigenvalue weighted by molar-refractivity contribution is 5.70. The van der Waals surface area contributed by atoms with Gasteiger partial charge in [-0.05, 0) is 31.0 Å². The number of aromatic nitrogens is 2. The Balaban J connectivity index is 1.94. The summed E-state index contributed by atoms with van der Waals surface area (Å²) in [4.78, 5) is 23.3. The molecule has 1 aliphatic heterocycles. The highest BCUT2D eigenvalue weighted by Crippen LogP contribution is 2.28. The second kappa shape index (κ2) is 5.46. The Bertz CT molecular complexity index is 775. The third-order valence-electron chi connectivity index (χ3n) is 4.24. The summed E-state index contributed by atoms with van der Waals surface area (Å²) >= 11 is 0. The van der Waals surface area contributed by atoms with E-state index in [1.165, 1.54) is 0 Å². The van der Waals surface area contributed by atoms with Crippen molar-refractivity contribution in [1.29, 1.82) is 0 Å². The van der Waals surface area contributed by atoms with E-state index >= 15 is 0 Å². The van der Waals surface area contributed by atoms with Gasteiger partial charge >= 0.3 is 11.7 Å². The number of aliphatic carboxylic acids is 1. The van der Waals surface area contributed by atoms with Crippen molar-refractivity contribution in [3.05, 3.63) is 52.2 Å². The van der Waals surface area contributed by atoms with Crippen molar-refractivity contribution < 1.29 is 9.90 Å². The summed E-state index contributed by atoms with van der Waals surface area (Å²) in [6.45, 7) is 2.37. The molecule has 116 valence electrons. The number of imidazole rings is 1. The molecule has 1 aliphatic rings. The van der Waals surface area contributed by atoms with Crippen LogP contribution in [0.5, 0.6) is 0 Å². The predicted molar refractivity (Wildman–Crippen MR) is 82.2 cm³/mol. The maximum atomic E-state index is 12.2. The van der Waals surface area contributed by atoms with E-state index in [4.69, 9.17) is 5.11 Å². The Morgan fingerprint density at radius 3 is 2.77 bits per heavy atom. The highest BCUT2D eigenvalue weighted by Gasteiger charge is 2.30. The van der Waals surface area contributed by atoms with Gasteiger partial charge in [-0.25, -0.2) is 4.79 Å². The summed E-state index contributed by atoms with van der Waals surface area (Å²) in [7, 11) is 1.73. The Labute approximate surface area is 128 Å². The van der Waals surface area contributed by atoms with Crippen LogP contribution in [0.4, 0.5) is 0 Å². The van der Waals surface area contributed by atoms with Crippen LogP contribution in [0.1, 0.15) is 23.7 Å². The molecule has 2 heterocycles. The summed E-state index contributed by atoms with van der Waals surface area (Å²) < 4.78 is 3.21. The van der Waals surface area contributed by atoms with Gasteiger partial charge in [0, 0.05) is 31.5 Å². The summed E-state index contributed by atoms with van der Waals surface area (Å²) in [6, 6.07) is 7.73. The number of nitrogens with zero attached hydrogens (tertiary/aromatic N) is 2. The Kier molecular flexibility index (Phi) is 3.62. The third kappa shape index (κ3) is 2.46. The number of carboxylic acid groups (broad SMARTS) is 1. The van der Waals surface area contributed by atoms with Crippen molar-refractivity contribution in [3.8, 4) is 5.69 Å². The van der Waals surface area contributed by atoms with Crippen LogP contribution in [0.15, 0.2) is 35.3 Å². The normalized spacial score (nSPS) is 21.2. The first kappa shape index (κ1) is 14.6. The lowest BCUT2D eigenvalue weighted by Crippen LogP contribution is -2.21. The Hall–Kier alpha value is -2.34. The fourth-order valence-corrected chi connectivity index (χ4v) is 3.07. The molecule has 1 aromatic heterocycles. The minimum atomic E-state index is -0.763. The van der Waals surface area contributed by atoms with Gasteiger partial charge in [0.1, 0.15) is 0 Å². The molecule has 1 fully saturated rings. The van der Waals surface area contributed by atoms with E-state index in [-0.39, 0.29) is 17.6 Å². The van der Waals surface area contributed by atoms with Crippen LogP contribution < -0.4 is 11.0 Å². The van der Waals surface area contributed by atoms with Gasteiger partial charge in [0.05, 0.1) is 11.6 Å². The van der Waals surface area contributed by atoms with Gasteiger partial charge in [-0.2, -0.15) is 0 Å². The molecule has 6 heteroatoms. The first-order valence-electron chi connectivity index (χ1n) is 7.29. The summed E-state index contributed by atoms with van der Waals surface area (Å²) in [5, 5.41) is 12.3. The largest absolute Gasteiger partial charge is 0.481 e. The molecule has 0 saturated carbocycles. The Morgan fingerprint density at radius 2 is 2.18 bits per heavy atom. The first-order valence-corrected chi connectivity index (χ1v) is 7.29. The third-order valence-corrected chi connectivity index (χ3v) is 4.24. The molecule has 2 unspecified atom stereocenters. The fourth-order valence-electron chi connectivity index (χ4n) is 3.07. The molecule has 0 spiro atoms. The van der Waals surface area contributed by atoms with E-state index in [1.807, 2.05) is 31.2 Å². The SMILES string of the molecule is Cc1cn(C)c(=O)n1-c1cccc(C2CC(C(=O)O)CN2)c1. The van der Waals surface area contributed by atoms with E-state index < -0.39 is 5.97 Å². The lowest BCUT2D eigenvalue weighted by Gasteiger charge is -2.13. The number of carboxylic acids is 1. The number of benzene rings is 1. The quantitative estimate of drug-likeness (QED) is 0.894. The van der Waals surface area contributed by atoms with Gasteiger partial charge in [0.15, 0.2) is 0 Å². The topological polar surface area (TPSA) is 76.3 Å². The number of hydrogen-bond acceptors (Lipinski definition) is 3. The molecule has 22 heavy (non-hydrogen) atoms. The van der Waals surface area contributed by atoms with Crippen molar-refractivity contribution in [2.45, 2.75) is 19.4 Å². The summed E-state index contributed by atoms with van der Waals surface area (Å²) in [6.07, 6.45) is 2.37. The lowest BCUT2D eigenvalue weighted by atomic mass is 10.00. The average Bonchev–Trinajstić information content (AvgIpc) is 3.06. The van der Waals surface area contributed by atoms with Gasteiger partial charge < -0.3 is 15.0 Å². The van der Waals surface area contributed by atoms with Gasteiger partial charge in [-0.1, -0.05) is 12.1 Å². The van der Waals surface area contributed by atoms with E-state index in [9.17, 15) is 9.59 Å². The van der Waals surface area contributed by atoms with E-state index in [1.54, 1.807) is 22.4 Å². The van der Waals surface area contributed by atoms with Crippen molar-refractivity contribution >= 4 is 5.97 Å². The van der Waals surface area contributed by atoms with Crippen LogP contribution in [0, 0.1) is 12.8 Å². The molecule has 0 bridgehead atoms. The monoisotopic (exact) mass is 301 g/mol. The zero-order chi connectivity index (χ0) is 15.9. The van der Waals surface area contributed by atoms with Crippen molar-refractivity contribution in [3.63, 3.8) is 0 Å². The molecule has 1 aromatic carbocycles. The minimum Gasteiger partial charge on any atom is -0.481 e. The van der Waals surface area contributed by atoms with Gasteiger partial charge in [0.2, 0.25) is 0 Å². The number of hydrogen-bond donors (Lipinski definition) is 2. The van der Waals surface area contributed by atoms with Crippen molar-refractivity contribution in [1.82, 2.24) is 14.5 Å². The molecule has 1 saturated heterocycles. The zero-order valence-corrected chi connectivity index (χ0v) is 12.6. The molecule has 0 amide bonds. The maximum Gasteiger partial charge on any atom is 0.332 e. The number of aryl methyl sites for hydroxylation is 2. The second-order valence-corrected chi connectivity index (χ2v) is 5.83. The standard InChI is InChI=1S/C16H19N3O3/c1-10-9-18(2)16(22)19(10)13-5-3-4-11(6-13)14-7-12(8-17-14)15(20)21/h3-6,9,12,14,17H,7-8H2,1-2H3,(H,20,21). The number of nitrogens with one attached hydrogen (secondary N) is 1. The van der Waals surface area contributed by atoms with Crippen LogP contribution >= 0.6 is 0 Å². The van der Waals surface area contributed by atoms with Crippen LogP contribution in [0.25, 0.3) is 5.69 Å². The minimum absolute atomic E-state index is 0.0146. The van der Waals surface area contributed by atoms with Crippen LogP contribution in [-0.4, -0.2) is 26.8 Å². The van der Waals surface area contributed by atoms with E-state index in [2.05, 4.69) is 5.32 Å². The summed E-state index contributed by atoms with van der Waals surface area (Å²) in [5.74, 6) is -1.11. The summed E-state index contributed by atoms with van der Waals surface area (Å²) in [5.41, 5.74) is 2.60. The number of carbonyl (C=O) groups is 1. The van der Waals surface area contributed by atoms with Crippen LogP contribution in [0.3, 0.4) is 0 Å². The van der Waals surface area contributed by atoms with Gasteiger partial charge in [0.25, 0.3) is 0 Å². The average molecular weight is 301 g/mol. The molecule has 0 radical (unpaired) electrons. The molecular weight excluding hydrogens is 282 g/mol. The molecule has 2 atom stereocenters. The first-order chi connectivity index (χ1) is 10.5. The molecule has 2 aromatic rings. The predicted octanol–water partition coefficient (Wildman–Crippen LogP) is 1.22. The molecule has 6 nitrogen and oxygen atoms in total. The highest BCUT2D eigenvalue weighted by atomic mass is 16.4.